The Morgan fingerprint density at radius 2 is 1.81 bits per heavy atom. The lowest BCUT2D eigenvalue weighted by Crippen LogP contribution is -2.55. The lowest BCUT2D eigenvalue weighted by Gasteiger charge is -2.32. The number of carbonyl (C=O) groups is 2. The minimum atomic E-state index is -0.606. The van der Waals surface area contributed by atoms with Crippen molar-refractivity contribution >= 4 is 11.8 Å². The van der Waals surface area contributed by atoms with Crippen molar-refractivity contribution in [1.29, 1.82) is 0 Å². The molecule has 2 N–H and O–H groups in total. The van der Waals surface area contributed by atoms with Crippen LogP contribution < -0.4 is 10.6 Å². The Bertz CT molecular complexity index is 538. The molecule has 1 aliphatic heterocycles. The monoisotopic (exact) mass is 444 g/mol. The molecule has 0 aromatic carbocycles. The highest BCUT2D eigenvalue weighted by Crippen LogP contribution is 2.08. The molecule has 0 saturated carbocycles. The largest absolute Gasteiger partial charge is 0.383 e. The van der Waals surface area contributed by atoms with E-state index < -0.39 is 5.54 Å². The standard InChI is InChI=1S/C22H44N4O5/c1-17(2)24-22(4,5)21(28)25(6)9-13-30-12-8-18(3)23-19(16-29-7)20(27)26-10-14-31-15-11-26/h17-19,23-24H,8-16H2,1-7H3. The van der Waals surface area contributed by atoms with Gasteiger partial charge >= 0.3 is 0 Å². The smallest absolute Gasteiger partial charge is 0.242 e. The Morgan fingerprint density at radius 1 is 1.16 bits per heavy atom. The molecule has 2 atom stereocenters. The number of hydrogen-bond donors (Lipinski definition) is 2. The minimum Gasteiger partial charge on any atom is -0.383 e. The molecule has 2 unspecified atom stereocenters. The van der Waals surface area contributed by atoms with Crippen LogP contribution in [0.1, 0.15) is 41.0 Å². The van der Waals surface area contributed by atoms with E-state index in [4.69, 9.17) is 14.2 Å². The highest BCUT2D eigenvalue weighted by atomic mass is 16.5. The first-order valence-electron chi connectivity index (χ1n) is 11.3. The van der Waals surface area contributed by atoms with Crippen molar-refractivity contribution in [2.75, 3.05) is 66.8 Å². The molecule has 1 saturated heterocycles. The quantitative estimate of drug-likeness (QED) is 0.377. The third kappa shape index (κ3) is 10.3. The van der Waals surface area contributed by atoms with E-state index in [1.165, 1.54) is 0 Å². The van der Waals surface area contributed by atoms with Crippen molar-refractivity contribution in [3.05, 3.63) is 0 Å². The van der Waals surface area contributed by atoms with Crippen LogP contribution in [-0.2, 0) is 23.8 Å². The zero-order chi connectivity index (χ0) is 23.4. The molecule has 1 aliphatic rings. The van der Waals surface area contributed by atoms with Crippen LogP contribution in [0, 0.1) is 0 Å². The van der Waals surface area contributed by atoms with Gasteiger partial charge in [-0.15, -0.1) is 0 Å². The summed E-state index contributed by atoms with van der Waals surface area (Å²) in [5.41, 5.74) is -0.606. The normalized spacial score (nSPS) is 17.0. The summed E-state index contributed by atoms with van der Waals surface area (Å²) < 4.78 is 16.3. The van der Waals surface area contributed by atoms with Gasteiger partial charge in [-0.2, -0.15) is 0 Å². The highest BCUT2D eigenvalue weighted by molar-refractivity contribution is 5.85. The summed E-state index contributed by atoms with van der Waals surface area (Å²) in [7, 11) is 3.40. The van der Waals surface area contributed by atoms with Gasteiger partial charge in [0, 0.05) is 52.5 Å². The van der Waals surface area contributed by atoms with E-state index in [0.29, 0.717) is 52.7 Å². The molecule has 182 valence electrons. The Labute approximate surface area is 188 Å². The third-order valence-corrected chi connectivity index (χ3v) is 5.24. The lowest BCUT2D eigenvalue weighted by molar-refractivity contribution is -0.139. The maximum atomic E-state index is 12.7. The van der Waals surface area contributed by atoms with Crippen LogP contribution in [-0.4, -0.2) is 112 Å². The van der Waals surface area contributed by atoms with E-state index in [1.807, 2.05) is 39.5 Å². The summed E-state index contributed by atoms with van der Waals surface area (Å²) in [6.07, 6.45) is 0.759. The number of likely N-dealkylation sites (N-methyl/N-ethyl adjacent to an activating group) is 1. The number of nitrogens with one attached hydrogen (secondary N) is 2. The molecule has 9 heteroatoms. The molecule has 0 radical (unpaired) electrons. The zero-order valence-corrected chi connectivity index (χ0v) is 20.5. The van der Waals surface area contributed by atoms with Crippen LogP contribution in [0.25, 0.3) is 0 Å². The van der Waals surface area contributed by atoms with Gasteiger partial charge in [-0.25, -0.2) is 0 Å². The molecule has 0 spiro atoms. The van der Waals surface area contributed by atoms with Crippen molar-refractivity contribution in [2.45, 2.75) is 64.7 Å². The Morgan fingerprint density at radius 3 is 2.39 bits per heavy atom. The van der Waals surface area contributed by atoms with Gasteiger partial charge in [0.1, 0.15) is 6.04 Å². The van der Waals surface area contributed by atoms with Crippen molar-refractivity contribution < 1.29 is 23.8 Å². The maximum absolute atomic E-state index is 12.7. The van der Waals surface area contributed by atoms with E-state index in [0.717, 1.165) is 6.42 Å². The molecule has 1 rings (SSSR count). The van der Waals surface area contributed by atoms with Crippen LogP contribution in [0.15, 0.2) is 0 Å². The maximum Gasteiger partial charge on any atom is 0.242 e. The summed E-state index contributed by atoms with van der Waals surface area (Å²) in [6, 6.07) is -0.0501. The Balaban J connectivity index is 2.32. The number of hydrogen-bond acceptors (Lipinski definition) is 7. The summed E-state index contributed by atoms with van der Waals surface area (Å²) in [5, 5.41) is 6.65. The summed E-state index contributed by atoms with van der Waals surface area (Å²) >= 11 is 0. The van der Waals surface area contributed by atoms with Gasteiger partial charge in [-0.3, -0.25) is 9.59 Å². The van der Waals surface area contributed by atoms with E-state index in [2.05, 4.69) is 10.6 Å². The number of amides is 2. The molecular formula is C22H44N4O5. The number of carbonyl (C=O) groups excluding carboxylic acids is 2. The molecule has 9 nitrogen and oxygen atoms in total. The molecule has 0 aliphatic carbocycles. The van der Waals surface area contributed by atoms with E-state index in [1.54, 1.807) is 19.1 Å². The van der Waals surface area contributed by atoms with Crippen molar-refractivity contribution in [1.82, 2.24) is 20.4 Å². The molecule has 31 heavy (non-hydrogen) atoms. The molecule has 0 aromatic heterocycles. The van der Waals surface area contributed by atoms with Gasteiger partial charge in [0.15, 0.2) is 0 Å². The zero-order valence-electron chi connectivity index (χ0n) is 20.5. The number of methoxy groups -OCH3 is 1. The topological polar surface area (TPSA) is 92.4 Å². The summed E-state index contributed by atoms with van der Waals surface area (Å²) in [5.74, 6) is 0.0968. The van der Waals surface area contributed by atoms with Crippen LogP contribution in [0.4, 0.5) is 0 Å². The van der Waals surface area contributed by atoms with Crippen molar-refractivity contribution in [3.63, 3.8) is 0 Å². The van der Waals surface area contributed by atoms with Gasteiger partial charge in [0.05, 0.1) is 32.0 Å². The second-order valence-electron chi connectivity index (χ2n) is 9.07. The van der Waals surface area contributed by atoms with E-state index >= 15 is 0 Å². The fourth-order valence-corrected chi connectivity index (χ4v) is 3.71. The van der Waals surface area contributed by atoms with Crippen LogP contribution in [0.3, 0.4) is 0 Å². The van der Waals surface area contributed by atoms with Crippen LogP contribution in [0.2, 0.25) is 0 Å². The molecule has 1 heterocycles. The van der Waals surface area contributed by atoms with Crippen molar-refractivity contribution in [2.24, 2.45) is 0 Å². The molecule has 1 fully saturated rings. The molecule has 2 amide bonds. The SMILES string of the molecule is COCC(NC(C)CCOCCN(C)C(=O)C(C)(C)NC(C)C)C(=O)N1CCOCC1. The van der Waals surface area contributed by atoms with Gasteiger partial charge in [0.2, 0.25) is 11.8 Å². The fourth-order valence-electron chi connectivity index (χ4n) is 3.71. The van der Waals surface area contributed by atoms with Crippen molar-refractivity contribution in [3.8, 4) is 0 Å². The van der Waals surface area contributed by atoms with Crippen LogP contribution >= 0.6 is 0 Å². The average Bonchev–Trinajstić information content (AvgIpc) is 2.71. The Kier molecular flexibility index (Phi) is 12.5. The van der Waals surface area contributed by atoms with Gasteiger partial charge in [-0.1, -0.05) is 0 Å². The van der Waals surface area contributed by atoms with Crippen LogP contribution in [0.5, 0.6) is 0 Å². The number of nitrogens with zero attached hydrogens (tertiary/aromatic N) is 2. The van der Waals surface area contributed by atoms with Gasteiger partial charge in [0.25, 0.3) is 0 Å². The first kappa shape index (κ1) is 27.8. The fraction of sp³-hybridized carbons (Fsp3) is 0.909. The predicted molar refractivity (Wildman–Crippen MR) is 121 cm³/mol. The van der Waals surface area contributed by atoms with Gasteiger partial charge in [-0.05, 0) is 41.0 Å². The second kappa shape index (κ2) is 14.0. The number of ether oxygens (including phenoxy) is 3. The molecule has 0 bridgehead atoms. The average molecular weight is 445 g/mol. The van der Waals surface area contributed by atoms with Gasteiger partial charge < -0.3 is 34.6 Å². The van der Waals surface area contributed by atoms with E-state index in [-0.39, 0.29) is 29.9 Å². The Hall–Kier alpha value is -1.26. The molecular weight excluding hydrogens is 400 g/mol. The second-order valence-corrected chi connectivity index (χ2v) is 9.07. The highest BCUT2D eigenvalue weighted by Gasteiger charge is 2.30. The summed E-state index contributed by atoms with van der Waals surface area (Å²) in [6.45, 7) is 14.2. The predicted octanol–water partition coefficient (Wildman–Crippen LogP) is 0.480. The summed E-state index contributed by atoms with van der Waals surface area (Å²) in [4.78, 5) is 28.9. The first-order valence-corrected chi connectivity index (χ1v) is 11.3. The lowest BCUT2D eigenvalue weighted by atomic mass is 10.0. The third-order valence-electron chi connectivity index (χ3n) is 5.24. The number of morpholine rings is 1. The first-order chi connectivity index (χ1) is 14.6. The molecule has 0 aromatic rings. The van der Waals surface area contributed by atoms with E-state index in [9.17, 15) is 9.59 Å². The number of rotatable bonds is 14. The minimum absolute atomic E-state index is 0.0452.